The molecule has 23 heavy (non-hydrogen) atoms. The summed E-state index contributed by atoms with van der Waals surface area (Å²) in [5, 5.41) is 2.84. The smallest absolute Gasteiger partial charge is 0.257 e. The second-order valence-electron chi connectivity index (χ2n) is 6.63. The summed E-state index contributed by atoms with van der Waals surface area (Å²) in [5.41, 5.74) is 2.50. The van der Waals surface area contributed by atoms with Crippen LogP contribution in [0, 0.1) is 12.8 Å². The van der Waals surface area contributed by atoms with Crippen molar-refractivity contribution in [2.45, 2.75) is 47.0 Å². The van der Waals surface area contributed by atoms with E-state index in [-0.39, 0.29) is 12.5 Å². The molecule has 1 rings (SSSR count). The monoisotopic (exact) mass is 321 g/mol. The summed E-state index contributed by atoms with van der Waals surface area (Å²) >= 11 is 0. The number of benzene rings is 1. The summed E-state index contributed by atoms with van der Waals surface area (Å²) in [6.07, 6.45) is 0.820. The second kappa shape index (κ2) is 10.3. The highest BCUT2D eigenvalue weighted by Gasteiger charge is 2.06. The molecule has 0 spiro atoms. The molecular formula is C19H31NO3. The average molecular weight is 321 g/mol. The van der Waals surface area contributed by atoms with Crippen molar-refractivity contribution in [2.24, 2.45) is 5.92 Å². The first kappa shape index (κ1) is 19.5. The zero-order chi connectivity index (χ0) is 17.2. The molecule has 0 heterocycles. The summed E-state index contributed by atoms with van der Waals surface area (Å²) in [5.74, 6) is 1.68. The summed E-state index contributed by atoms with van der Waals surface area (Å²) in [6.45, 7) is 12.8. The number of hydrogen-bond acceptors (Lipinski definition) is 3. The van der Waals surface area contributed by atoms with Gasteiger partial charge in [-0.05, 0) is 48.4 Å². The van der Waals surface area contributed by atoms with E-state index >= 15 is 0 Å². The van der Waals surface area contributed by atoms with Gasteiger partial charge in [0.15, 0.2) is 6.61 Å². The SMILES string of the molecule is Cc1cc(OCC(=O)NCCCOCC(C)C)ccc1C(C)C. The van der Waals surface area contributed by atoms with Crippen LogP contribution in [0.2, 0.25) is 0 Å². The Morgan fingerprint density at radius 2 is 1.96 bits per heavy atom. The second-order valence-corrected chi connectivity index (χ2v) is 6.63. The molecule has 0 saturated carbocycles. The highest BCUT2D eigenvalue weighted by atomic mass is 16.5. The summed E-state index contributed by atoms with van der Waals surface area (Å²) < 4.78 is 11.0. The van der Waals surface area contributed by atoms with Gasteiger partial charge in [-0.25, -0.2) is 0 Å². The number of ether oxygens (including phenoxy) is 2. The first-order valence-electron chi connectivity index (χ1n) is 8.48. The van der Waals surface area contributed by atoms with E-state index in [1.54, 1.807) is 0 Å². The van der Waals surface area contributed by atoms with Crippen molar-refractivity contribution < 1.29 is 14.3 Å². The standard InChI is InChI=1S/C19H31NO3/c1-14(2)12-22-10-6-9-20-19(21)13-23-17-7-8-18(15(3)4)16(5)11-17/h7-8,11,14-15H,6,9-10,12-13H2,1-5H3,(H,20,21). The van der Waals surface area contributed by atoms with E-state index in [9.17, 15) is 4.79 Å². The normalized spacial score (nSPS) is 11.1. The van der Waals surface area contributed by atoms with Crippen molar-refractivity contribution in [3.63, 3.8) is 0 Å². The van der Waals surface area contributed by atoms with Crippen LogP contribution in [-0.4, -0.2) is 32.3 Å². The van der Waals surface area contributed by atoms with Gasteiger partial charge in [0.25, 0.3) is 5.91 Å². The van der Waals surface area contributed by atoms with Crippen molar-refractivity contribution in [3.05, 3.63) is 29.3 Å². The number of nitrogens with one attached hydrogen (secondary N) is 1. The largest absolute Gasteiger partial charge is 0.484 e. The molecule has 1 aromatic carbocycles. The van der Waals surface area contributed by atoms with Gasteiger partial charge in [0.1, 0.15) is 5.75 Å². The Balaban J connectivity index is 2.22. The van der Waals surface area contributed by atoms with Crippen molar-refractivity contribution in [2.75, 3.05) is 26.4 Å². The van der Waals surface area contributed by atoms with E-state index in [1.165, 1.54) is 11.1 Å². The highest BCUT2D eigenvalue weighted by molar-refractivity contribution is 5.77. The highest BCUT2D eigenvalue weighted by Crippen LogP contribution is 2.23. The molecule has 0 saturated heterocycles. The molecular weight excluding hydrogens is 290 g/mol. The number of carbonyl (C=O) groups excluding carboxylic acids is 1. The van der Waals surface area contributed by atoms with Gasteiger partial charge in [-0.3, -0.25) is 4.79 Å². The van der Waals surface area contributed by atoms with Gasteiger partial charge in [-0.1, -0.05) is 33.8 Å². The van der Waals surface area contributed by atoms with Gasteiger partial charge in [0.05, 0.1) is 0 Å². The van der Waals surface area contributed by atoms with Crippen LogP contribution in [0.25, 0.3) is 0 Å². The zero-order valence-corrected chi connectivity index (χ0v) is 15.1. The molecule has 0 unspecified atom stereocenters. The Hall–Kier alpha value is -1.55. The van der Waals surface area contributed by atoms with Gasteiger partial charge in [0, 0.05) is 19.8 Å². The number of rotatable bonds is 10. The van der Waals surface area contributed by atoms with Crippen LogP contribution in [0.3, 0.4) is 0 Å². The van der Waals surface area contributed by atoms with Crippen LogP contribution in [0.1, 0.15) is 51.2 Å². The van der Waals surface area contributed by atoms with E-state index in [1.807, 2.05) is 12.1 Å². The molecule has 4 nitrogen and oxygen atoms in total. The minimum Gasteiger partial charge on any atom is -0.484 e. The Kier molecular flexibility index (Phi) is 8.70. The maximum atomic E-state index is 11.7. The first-order chi connectivity index (χ1) is 10.9. The summed E-state index contributed by atoms with van der Waals surface area (Å²) in [6, 6.07) is 5.98. The molecule has 0 bridgehead atoms. The fraction of sp³-hybridized carbons (Fsp3) is 0.632. The third-order valence-corrected chi connectivity index (χ3v) is 3.47. The summed E-state index contributed by atoms with van der Waals surface area (Å²) in [4.78, 5) is 11.7. The fourth-order valence-corrected chi connectivity index (χ4v) is 2.31. The number of hydrogen-bond donors (Lipinski definition) is 1. The Bertz CT molecular complexity index is 484. The molecule has 1 N–H and O–H groups in total. The fourth-order valence-electron chi connectivity index (χ4n) is 2.31. The van der Waals surface area contributed by atoms with Gasteiger partial charge in [-0.15, -0.1) is 0 Å². The van der Waals surface area contributed by atoms with Gasteiger partial charge in [-0.2, -0.15) is 0 Å². The molecule has 0 aliphatic rings. The van der Waals surface area contributed by atoms with Crippen molar-refractivity contribution in [3.8, 4) is 5.75 Å². The zero-order valence-electron chi connectivity index (χ0n) is 15.1. The van der Waals surface area contributed by atoms with Crippen molar-refractivity contribution in [1.82, 2.24) is 5.32 Å². The maximum absolute atomic E-state index is 11.7. The Morgan fingerprint density at radius 1 is 1.22 bits per heavy atom. The Morgan fingerprint density at radius 3 is 2.57 bits per heavy atom. The molecule has 0 aliphatic carbocycles. The molecule has 4 heteroatoms. The lowest BCUT2D eigenvalue weighted by Gasteiger charge is -2.12. The van der Waals surface area contributed by atoms with E-state index in [0.29, 0.717) is 25.0 Å². The first-order valence-corrected chi connectivity index (χ1v) is 8.48. The van der Waals surface area contributed by atoms with E-state index in [2.05, 4.69) is 46.0 Å². The number of carbonyl (C=O) groups is 1. The minimum atomic E-state index is -0.0977. The molecule has 1 amide bonds. The van der Waals surface area contributed by atoms with Crippen LogP contribution in [0.5, 0.6) is 5.75 Å². The van der Waals surface area contributed by atoms with Crippen LogP contribution in [-0.2, 0) is 9.53 Å². The van der Waals surface area contributed by atoms with Crippen LogP contribution in [0.4, 0.5) is 0 Å². The lowest BCUT2D eigenvalue weighted by molar-refractivity contribution is -0.123. The van der Waals surface area contributed by atoms with Crippen LogP contribution >= 0.6 is 0 Å². The van der Waals surface area contributed by atoms with Gasteiger partial charge >= 0.3 is 0 Å². The topological polar surface area (TPSA) is 47.6 Å². The lowest BCUT2D eigenvalue weighted by Crippen LogP contribution is -2.30. The van der Waals surface area contributed by atoms with E-state index in [0.717, 1.165) is 18.8 Å². The molecule has 0 aromatic heterocycles. The Labute approximate surface area is 140 Å². The molecule has 0 aliphatic heterocycles. The average Bonchev–Trinajstić information content (AvgIpc) is 2.48. The summed E-state index contributed by atoms with van der Waals surface area (Å²) in [7, 11) is 0. The van der Waals surface area contributed by atoms with Crippen molar-refractivity contribution >= 4 is 5.91 Å². The predicted octanol–water partition coefficient (Wildman–Crippen LogP) is 3.68. The predicted molar refractivity (Wildman–Crippen MR) is 94.0 cm³/mol. The van der Waals surface area contributed by atoms with Gasteiger partial charge in [0.2, 0.25) is 0 Å². The number of amides is 1. The molecule has 0 fully saturated rings. The molecule has 1 aromatic rings. The van der Waals surface area contributed by atoms with Crippen LogP contribution in [0.15, 0.2) is 18.2 Å². The van der Waals surface area contributed by atoms with E-state index in [4.69, 9.17) is 9.47 Å². The molecule has 130 valence electrons. The quantitative estimate of drug-likeness (QED) is 0.669. The third-order valence-electron chi connectivity index (χ3n) is 3.47. The third kappa shape index (κ3) is 8.03. The molecule has 0 radical (unpaired) electrons. The lowest BCUT2D eigenvalue weighted by atomic mass is 9.98. The van der Waals surface area contributed by atoms with Crippen molar-refractivity contribution in [1.29, 1.82) is 0 Å². The van der Waals surface area contributed by atoms with Crippen LogP contribution < -0.4 is 10.1 Å². The minimum absolute atomic E-state index is 0.0489. The molecule has 0 atom stereocenters. The van der Waals surface area contributed by atoms with Gasteiger partial charge < -0.3 is 14.8 Å². The number of aryl methyl sites for hydroxylation is 1. The maximum Gasteiger partial charge on any atom is 0.257 e. The van der Waals surface area contributed by atoms with E-state index < -0.39 is 0 Å².